The van der Waals surface area contributed by atoms with E-state index in [1.54, 1.807) is 13.0 Å². The van der Waals surface area contributed by atoms with E-state index in [4.69, 9.17) is 0 Å². The number of fused-ring (bicyclic) bond motifs is 1. The van der Waals surface area contributed by atoms with Crippen LogP contribution in [0.25, 0.3) is 5.52 Å². The van der Waals surface area contributed by atoms with Gasteiger partial charge in [0.05, 0.1) is 12.1 Å². The molecule has 0 bridgehead atoms. The number of hydrogen-bond acceptors (Lipinski definition) is 3. The van der Waals surface area contributed by atoms with E-state index in [-0.39, 0.29) is 23.7 Å². The van der Waals surface area contributed by atoms with Crippen molar-refractivity contribution >= 4 is 17.3 Å². The van der Waals surface area contributed by atoms with Gasteiger partial charge >= 0.3 is 6.18 Å². The van der Waals surface area contributed by atoms with Gasteiger partial charge in [0.25, 0.3) is 5.91 Å². The second-order valence-electron chi connectivity index (χ2n) is 6.70. The first kappa shape index (κ1) is 19.2. The van der Waals surface area contributed by atoms with Crippen LogP contribution in [0.2, 0.25) is 0 Å². The van der Waals surface area contributed by atoms with E-state index in [1.165, 1.54) is 4.90 Å². The summed E-state index contributed by atoms with van der Waals surface area (Å²) in [6.07, 6.45) is -2.43. The number of rotatable bonds is 4. The summed E-state index contributed by atoms with van der Waals surface area (Å²) in [7, 11) is 0. The fourth-order valence-electron chi connectivity index (χ4n) is 3.21. The number of aromatic nitrogens is 2. The van der Waals surface area contributed by atoms with Crippen LogP contribution in [0, 0.1) is 6.92 Å². The Bertz CT molecular complexity index is 889. The highest BCUT2D eigenvalue weighted by Crippen LogP contribution is 2.32. The van der Waals surface area contributed by atoms with Crippen molar-refractivity contribution in [2.24, 2.45) is 0 Å². The molecule has 0 radical (unpaired) electrons. The zero-order valence-electron chi connectivity index (χ0n) is 15.2. The topological polar surface area (TPSA) is 66.7 Å². The van der Waals surface area contributed by atoms with Gasteiger partial charge in [0, 0.05) is 18.7 Å². The molecule has 0 aliphatic carbocycles. The van der Waals surface area contributed by atoms with Crippen molar-refractivity contribution < 1.29 is 22.8 Å². The third-order valence-electron chi connectivity index (χ3n) is 4.68. The first-order valence-corrected chi connectivity index (χ1v) is 8.87. The van der Waals surface area contributed by atoms with Crippen LogP contribution in [-0.4, -0.2) is 46.0 Å². The quantitative estimate of drug-likeness (QED) is 0.884. The second kappa shape index (κ2) is 7.21. The molecule has 0 unspecified atom stereocenters. The molecule has 6 nitrogen and oxygen atoms in total. The van der Waals surface area contributed by atoms with Crippen LogP contribution in [0.5, 0.6) is 0 Å². The minimum Gasteiger partial charge on any atom is -0.353 e. The van der Waals surface area contributed by atoms with E-state index in [0.29, 0.717) is 30.6 Å². The maximum absolute atomic E-state index is 13.6. The predicted molar refractivity (Wildman–Crippen MR) is 92.5 cm³/mol. The van der Waals surface area contributed by atoms with Crippen LogP contribution < -0.4 is 5.32 Å². The number of alkyl halides is 3. The Morgan fingerprint density at radius 1 is 1.33 bits per heavy atom. The minimum absolute atomic E-state index is 0.0529. The highest BCUT2D eigenvalue weighted by atomic mass is 19.4. The van der Waals surface area contributed by atoms with Gasteiger partial charge in [-0.05, 0) is 37.5 Å². The van der Waals surface area contributed by atoms with Crippen molar-refractivity contribution in [3.63, 3.8) is 0 Å². The summed E-state index contributed by atoms with van der Waals surface area (Å²) in [6, 6.07) is 2.75. The largest absolute Gasteiger partial charge is 0.433 e. The van der Waals surface area contributed by atoms with Crippen LogP contribution in [0.3, 0.4) is 0 Å². The lowest BCUT2D eigenvalue weighted by Gasteiger charge is -2.26. The monoisotopic (exact) mass is 382 g/mol. The van der Waals surface area contributed by atoms with E-state index in [9.17, 15) is 22.8 Å². The molecule has 2 amide bonds. The number of piperazine rings is 1. The first-order chi connectivity index (χ1) is 12.7. The summed E-state index contributed by atoms with van der Waals surface area (Å²) in [5.41, 5.74) is 0.263. The Morgan fingerprint density at radius 2 is 2.07 bits per heavy atom. The zero-order chi connectivity index (χ0) is 19.8. The first-order valence-electron chi connectivity index (χ1n) is 8.87. The molecule has 27 heavy (non-hydrogen) atoms. The van der Waals surface area contributed by atoms with Gasteiger partial charge in [-0.1, -0.05) is 13.3 Å². The zero-order valence-corrected chi connectivity index (χ0v) is 15.2. The number of unbranched alkanes of at least 4 members (excludes halogenated alkanes) is 1. The molecule has 0 spiro atoms. The third kappa shape index (κ3) is 3.77. The molecule has 1 aliphatic heterocycles. The SMILES string of the molecule is CCCCc1cc(C(F)(F)F)n2nc(C(=O)N3CCNC(=O)C3)c(C)c2c1. The number of halogens is 3. The standard InChI is InChI=1S/C18H21F3N4O2/c1-3-4-5-12-8-13-11(2)16(17(27)24-7-6-22-15(26)10-24)23-25(13)14(9-12)18(19,20)21/h8-9H,3-7,10H2,1-2H3,(H,22,26). The normalized spacial score (nSPS) is 15.3. The van der Waals surface area contributed by atoms with Crippen LogP contribution >= 0.6 is 0 Å². The number of carbonyl (C=O) groups excluding carboxylic acids is 2. The Kier molecular flexibility index (Phi) is 5.12. The molecule has 3 rings (SSSR count). The lowest BCUT2D eigenvalue weighted by Crippen LogP contribution is -2.50. The molecule has 9 heteroatoms. The molecule has 1 N–H and O–H groups in total. The number of carbonyl (C=O) groups is 2. The second-order valence-corrected chi connectivity index (χ2v) is 6.70. The van der Waals surface area contributed by atoms with Gasteiger partial charge in [-0.25, -0.2) is 4.52 Å². The lowest BCUT2D eigenvalue weighted by atomic mass is 10.1. The van der Waals surface area contributed by atoms with Gasteiger partial charge in [-0.3, -0.25) is 9.59 Å². The molecule has 0 saturated carbocycles. The molecular formula is C18H21F3N4O2. The highest BCUT2D eigenvalue weighted by molar-refractivity contribution is 5.98. The van der Waals surface area contributed by atoms with E-state index >= 15 is 0 Å². The molecule has 1 fully saturated rings. The maximum Gasteiger partial charge on any atom is 0.433 e. The summed E-state index contributed by atoms with van der Waals surface area (Å²) < 4.78 is 41.5. The summed E-state index contributed by atoms with van der Waals surface area (Å²) in [5.74, 6) is -0.830. The van der Waals surface area contributed by atoms with Crippen molar-refractivity contribution in [1.29, 1.82) is 0 Å². The average Bonchev–Trinajstić information content (AvgIpc) is 2.94. The van der Waals surface area contributed by atoms with Crippen LogP contribution in [0.4, 0.5) is 13.2 Å². The van der Waals surface area contributed by atoms with E-state index in [1.807, 2.05) is 6.92 Å². The summed E-state index contributed by atoms with van der Waals surface area (Å²) in [5, 5.41) is 6.58. The van der Waals surface area contributed by atoms with Crippen LogP contribution in [-0.2, 0) is 17.4 Å². The van der Waals surface area contributed by atoms with Crippen molar-refractivity contribution in [2.75, 3.05) is 19.6 Å². The lowest BCUT2D eigenvalue weighted by molar-refractivity contribution is -0.142. The van der Waals surface area contributed by atoms with Gasteiger partial charge in [0.1, 0.15) is 5.69 Å². The third-order valence-corrected chi connectivity index (χ3v) is 4.68. The summed E-state index contributed by atoms with van der Waals surface area (Å²) in [4.78, 5) is 25.6. The summed E-state index contributed by atoms with van der Waals surface area (Å²) in [6.45, 7) is 4.04. The van der Waals surface area contributed by atoms with Crippen molar-refractivity contribution in [3.05, 3.63) is 34.6 Å². The van der Waals surface area contributed by atoms with E-state index < -0.39 is 17.8 Å². The number of hydrogen-bond donors (Lipinski definition) is 1. The van der Waals surface area contributed by atoms with E-state index in [2.05, 4.69) is 10.4 Å². The van der Waals surface area contributed by atoms with Gasteiger partial charge in [0.2, 0.25) is 5.91 Å². The molecular weight excluding hydrogens is 361 g/mol. The number of nitrogens with one attached hydrogen (secondary N) is 1. The minimum atomic E-state index is -4.59. The Morgan fingerprint density at radius 3 is 2.70 bits per heavy atom. The molecule has 3 heterocycles. The smallest absolute Gasteiger partial charge is 0.353 e. The Labute approximate surface area is 154 Å². The molecule has 1 saturated heterocycles. The van der Waals surface area contributed by atoms with Crippen molar-refractivity contribution in [3.8, 4) is 0 Å². The Balaban J connectivity index is 2.09. The summed E-state index contributed by atoms with van der Waals surface area (Å²) >= 11 is 0. The van der Waals surface area contributed by atoms with E-state index in [0.717, 1.165) is 23.4 Å². The number of amides is 2. The van der Waals surface area contributed by atoms with Gasteiger partial charge in [0.15, 0.2) is 5.69 Å². The number of pyridine rings is 1. The molecule has 1 aliphatic rings. The molecule has 2 aromatic rings. The molecule has 0 atom stereocenters. The predicted octanol–water partition coefficient (Wildman–Crippen LogP) is 2.58. The van der Waals surface area contributed by atoms with Gasteiger partial charge in [-0.2, -0.15) is 18.3 Å². The maximum atomic E-state index is 13.6. The molecule has 2 aromatic heterocycles. The van der Waals surface area contributed by atoms with Crippen LogP contribution in [0.1, 0.15) is 47.1 Å². The molecule has 146 valence electrons. The number of nitrogens with zero attached hydrogens (tertiary/aromatic N) is 3. The fourth-order valence-corrected chi connectivity index (χ4v) is 3.21. The van der Waals surface area contributed by atoms with Crippen molar-refractivity contribution in [1.82, 2.24) is 19.8 Å². The Hall–Kier alpha value is -2.58. The fraction of sp³-hybridized carbons (Fsp3) is 0.500. The average molecular weight is 382 g/mol. The number of aryl methyl sites for hydroxylation is 2. The van der Waals surface area contributed by atoms with Crippen LogP contribution in [0.15, 0.2) is 12.1 Å². The van der Waals surface area contributed by atoms with Gasteiger partial charge in [-0.15, -0.1) is 0 Å². The van der Waals surface area contributed by atoms with Gasteiger partial charge < -0.3 is 10.2 Å². The molecule has 0 aromatic carbocycles. The highest BCUT2D eigenvalue weighted by Gasteiger charge is 2.36. The van der Waals surface area contributed by atoms with Crippen molar-refractivity contribution in [2.45, 2.75) is 39.3 Å².